The third-order valence-electron chi connectivity index (χ3n) is 6.05. The largest absolute Gasteiger partial charge is 0.343 e. The van der Waals surface area contributed by atoms with Gasteiger partial charge in [0.15, 0.2) is 0 Å². The fraction of sp³-hybridized carbons (Fsp3) is 0.650. The number of piperidine rings is 1. The van der Waals surface area contributed by atoms with Crippen LogP contribution in [-0.4, -0.2) is 73.3 Å². The number of benzene rings is 1. The highest BCUT2D eigenvalue weighted by Crippen LogP contribution is 2.27. The van der Waals surface area contributed by atoms with Gasteiger partial charge in [0.1, 0.15) is 7.85 Å². The molecule has 2 atom stereocenters. The van der Waals surface area contributed by atoms with Crippen LogP contribution in [0.5, 0.6) is 0 Å². The summed E-state index contributed by atoms with van der Waals surface area (Å²) in [4.78, 5) is 18.7. The Hall–Kier alpha value is -1.33. The van der Waals surface area contributed by atoms with Gasteiger partial charge in [0.05, 0.1) is 0 Å². The zero-order chi connectivity index (χ0) is 18.0. The molecule has 0 N–H and O–H groups in total. The maximum atomic E-state index is 11.5. The summed E-state index contributed by atoms with van der Waals surface area (Å²) in [5, 5.41) is 0. The van der Waals surface area contributed by atoms with E-state index in [2.05, 4.69) is 35.8 Å². The van der Waals surface area contributed by atoms with E-state index in [1.165, 1.54) is 5.56 Å². The lowest BCUT2D eigenvalue weighted by molar-refractivity contribution is -0.130. The summed E-state index contributed by atoms with van der Waals surface area (Å²) in [6.07, 6.45) is 2.22. The Morgan fingerprint density at radius 3 is 2.32 bits per heavy atom. The van der Waals surface area contributed by atoms with Crippen molar-refractivity contribution in [2.75, 3.05) is 32.7 Å². The molecule has 2 aliphatic rings. The molecule has 2 fully saturated rings. The Morgan fingerprint density at radius 2 is 1.76 bits per heavy atom. The first-order valence-electron chi connectivity index (χ1n) is 9.56. The maximum Gasteiger partial charge on any atom is 0.219 e. The number of likely N-dealkylation sites (tertiary alicyclic amines) is 1. The van der Waals surface area contributed by atoms with Crippen molar-refractivity contribution in [2.45, 2.75) is 51.7 Å². The lowest BCUT2D eigenvalue weighted by atomic mass is 9.93. The summed E-state index contributed by atoms with van der Waals surface area (Å²) >= 11 is 0. The quantitative estimate of drug-likeness (QED) is 0.782. The van der Waals surface area contributed by atoms with Crippen LogP contribution in [0.3, 0.4) is 0 Å². The molecule has 3 rings (SSSR count). The molecule has 2 radical (unpaired) electrons. The predicted molar refractivity (Wildman–Crippen MR) is 103 cm³/mol. The zero-order valence-electron chi connectivity index (χ0n) is 15.8. The molecule has 1 aromatic carbocycles. The van der Waals surface area contributed by atoms with E-state index in [1.54, 1.807) is 6.92 Å². The zero-order valence-corrected chi connectivity index (χ0v) is 15.8. The van der Waals surface area contributed by atoms with Crippen molar-refractivity contribution >= 4 is 19.2 Å². The van der Waals surface area contributed by atoms with Gasteiger partial charge in [0.2, 0.25) is 5.91 Å². The van der Waals surface area contributed by atoms with Gasteiger partial charge in [0, 0.05) is 57.8 Å². The van der Waals surface area contributed by atoms with Gasteiger partial charge in [-0.3, -0.25) is 14.6 Å². The number of hydrogen-bond donors (Lipinski definition) is 0. The molecular formula is C20H30BN3O. The van der Waals surface area contributed by atoms with Gasteiger partial charge in [-0.2, -0.15) is 0 Å². The summed E-state index contributed by atoms with van der Waals surface area (Å²) in [6.45, 7) is 11.5. The molecule has 2 saturated heterocycles. The van der Waals surface area contributed by atoms with Crippen molar-refractivity contribution in [2.24, 2.45) is 0 Å². The number of amides is 1. The highest BCUT2D eigenvalue weighted by atomic mass is 16.2. The molecule has 1 aromatic rings. The molecule has 0 spiro atoms. The fourth-order valence-corrected chi connectivity index (χ4v) is 4.42. The number of nitrogens with zero attached hydrogens (tertiary/aromatic N) is 3. The highest BCUT2D eigenvalue weighted by Gasteiger charge is 2.33. The van der Waals surface area contributed by atoms with Crippen LogP contribution in [0.25, 0.3) is 0 Å². The minimum atomic E-state index is 0.217. The second-order valence-electron chi connectivity index (χ2n) is 7.66. The van der Waals surface area contributed by atoms with Crippen LogP contribution >= 0.6 is 0 Å². The molecule has 1 amide bonds. The number of carbonyl (C=O) groups is 1. The third-order valence-corrected chi connectivity index (χ3v) is 6.05. The van der Waals surface area contributed by atoms with E-state index in [0.717, 1.165) is 51.0 Å². The Kier molecular flexibility index (Phi) is 5.85. The van der Waals surface area contributed by atoms with Crippen LogP contribution in [0.2, 0.25) is 0 Å². The average molecular weight is 339 g/mol. The van der Waals surface area contributed by atoms with Crippen LogP contribution in [-0.2, 0) is 4.79 Å². The van der Waals surface area contributed by atoms with Crippen molar-refractivity contribution in [1.82, 2.24) is 14.7 Å². The van der Waals surface area contributed by atoms with Gasteiger partial charge in [-0.15, -0.1) is 0 Å². The molecule has 0 bridgehead atoms. The minimum absolute atomic E-state index is 0.217. The number of rotatable bonds is 3. The first kappa shape index (κ1) is 18.5. The van der Waals surface area contributed by atoms with Gasteiger partial charge >= 0.3 is 0 Å². The van der Waals surface area contributed by atoms with Crippen LogP contribution in [0.1, 0.15) is 45.2 Å². The van der Waals surface area contributed by atoms with Crippen LogP contribution in [0.15, 0.2) is 24.3 Å². The summed E-state index contributed by atoms with van der Waals surface area (Å²) in [7, 11) is 5.82. The molecule has 5 heteroatoms. The van der Waals surface area contributed by atoms with Crippen molar-refractivity contribution in [3.63, 3.8) is 0 Å². The summed E-state index contributed by atoms with van der Waals surface area (Å²) < 4.78 is 0. The van der Waals surface area contributed by atoms with Gasteiger partial charge in [0.25, 0.3) is 0 Å². The van der Waals surface area contributed by atoms with Crippen molar-refractivity contribution in [3.8, 4) is 0 Å². The number of carbonyl (C=O) groups excluding carboxylic acids is 1. The second-order valence-corrected chi connectivity index (χ2v) is 7.66. The summed E-state index contributed by atoms with van der Waals surface area (Å²) in [6, 6.07) is 9.87. The molecule has 0 unspecified atom stereocenters. The van der Waals surface area contributed by atoms with Crippen molar-refractivity contribution < 1.29 is 4.79 Å². The molecule has 0 aliphatic carbocycles. The molecule has 134 valence electrons. The Morgan fingerprint density at radius 1 is 1.12 bits per heavy atom. The van der Waals surface area contributed by atoms with Crippen LogP contribution in [0, 0.1) is 0 Å². The first-order chi connectivity index (χ1) is 12.0. The fourth-order valence-electron chi connectivity index (χ4n) is 4.42. The Balaban J connectivity index is 1.55. The van der Waals surface area contributed by atoms with Crippen molar-refractivity contribution in [1.29, 1.82) is 0 Å². The van der Waals surface area contributed by atoms with Crippen LogP contribution in [0.4, 0.5) is 0 Å². The molecule has 2 heterocycles. The Bertz CT molecular complexity index is 583. The van der Waals surface area contributed by atoms with E-state index in [1.807, 2.05) is 17.0 Å². The lowest BCUT2D eigenvalue weighted by Crippen LogP contribution is -2.57. The van der Waals surface area contributed by atoms with Gasteiger partial charge < -0.3 is 4.90 Å². The average Bonchev–Trinajstić information content (AvgIpc) is 2.62. The van der Waals surface area contributed by atoms with E-state index < -0.39 is 0 Å². The molecule has 25 heavy (non-hydrogen) atoms. The summed E-state index contributed by atoms with van der Waals surface area (Å²) in [5.41, 5.74) is 2.16. The van der Waals surface area contributed by atoms with E-state index in [9.17, 15) is 4.79 Å². The normalized spacial score (nSPS) is 25.1. The van der Waals surface area contributed by atoms with Crippen LogP contribution < -0.4 is 5.46 Å². The predicted octanol–water partition coefficient (Wildman–Crippen LogP) is 1.56. The van der Waals surface area contributed by atoms with E-state index >= 15 is 0 Å². The highest BCUT2D eigenvalue weighted by molar-refractivity contribution is 6.32. The Labute approximate surface area is 153 Å². The lowest BCUT2D eigenvalue weighted by Gasteiger charge is -2.47. The SMILES string of the molecule is [B]c1ccc([C@H](C)N2CCN(C3CCN(C(C)=O)CC3)C[C@@H]2C)cc1. The first-order valence-corrected chi connectivity index (χ1v) is 9.56. The number of hydrogen-bond acceptors (Lipinski definition) is 3. The third kappa shape index (κ3) is 4.26. The standard InChI is InChI=1S/C20H30BN3O/c1-15-14-23(20-8-10-22(11-9-20)17(3)25)12-13-24(15)16(2)18-4-6-19(21)7-5-18/h4-7,15-16,20H,8-14H2,1-3H3/t15-,16-/m0/s1. The van der Waals surface area contributed by atoms with Crippen molar-refractivity contribution in [3.05, 3.63) is 29.8 Å². The van der Waals surface area contributed by atoms with Gasteiger partial charge in [-0.05, 0) is 32.3 Å². The van der Waals surface area contributed by atoms with Gasteiger partial charge in [-0.1, -0.05) is 29.7 Å². The topological polar surface area (TPSA) is 26.8 Å². The molecule has 0 aromatic heterocycles. The van der Waals surface area contributed by atoms with E-state index in [-0.39, 0.29) is 5.91 Å². The molecule has 4 nitrogen and oxygen atoms in total. The molecular weight excluding hydrogens is 309 g/mol. The monoisotopic (exact) mass is 339 g/mol. The molecule has 0 saturated carbocycles. The number of piperazine rings is 1. The van der Waals surface area contributed by atoms with Gasteiger partial charge in [-0.25, -0.2) is 0 Å². The maximum absolute atomic E-state index is 11.5. The second kappa shape index (κ2) is 7.92. The van der Waals surface area contributed by atoms with E-state index in [0.29, 0.717) is 18.1 Å². The minimum Gasteiger partial charge on any atom is -0.343 e. The molecule has 2 aliphatic heterocycles. The smallest absolute Gasteiger partial charge is 0.219 e. The van der Waals surface area contributed by atoms with E-state index in [4.69, 9.17) is 7.85 Å². The summed E-state index contributed by atoms with van der Waals surface area (Å²) in [5.74, 6) is 0.217.